The van der Waals surface area contributed by atoms with E-state index in [1.54, 1.807) is 0 Å². The minimum absolute atomic E-state index is 0.158. The number of alkyl halides is 1. The molecule has 0 aromatic carbocycles. The fourth-order valence-corrected chi connectivity index (χ4v) is 2.46. The number of piperidine rings is 1. The van der Waals surface area contributed by atoms with Gasteiger partial charge < -0.3 is 9.64 Å². The van der Waals surface area contributed by atoms with Gasteiger partial charge >= 0.3 is 6.09 Å². The summed E-state index contributed by atoms with van der Waals surface area (Å²) in [5, 5.41) is 0. The quantitative estimate of drug-likeness (QED) is 0.541. The van der Waals surface area contributed by atoms with E-state index in [1.807, 2.05) is 25.7 Å². The lowest BCUT2D eigenvalue weighted by atomic mass is 9.96. The summed E-state index contributed by atoms with van der Waals surface area (Å²) in [4.78, 5) is 13.7. The number of amides is 1. The van der Waals surface area contributed by atoms with Gasteiger partial charge in [-0.1, -0.05) is 29.5 Å². The van der Waals surface area contributed by atoms with Gasteiger partial charge in [-0.3, -0.25) is 0 Å². The number of carbonyl (C=O) groups is 1. The molecule has 0 aliphatic carbocycles. The summed E-state index contributed by atoms with van der Waals surface area (Å²) in [6, 6.07) is 0. The zero-order valence-electron chi connectivity index (χ0n) is 10.6. The number of rotatable bonds is 1. The van der Waals surface area contributed by atoms with Crippen LogP contribution >= 0.6 is 22.6 Å². The van der Waals surface area contributed by atoms with Crippen molar-refractivity contribution in [2.75, 3.05) is 13.1 Å². The molecule has 1 amide bonds. The average Bonchev–Trinajstić information content (AvgIpc) is 2.15. The van der Waals surface area contributed by atoms with Crippen LogP contribution in [0.3, 0.4) is 0 Å². The molecule has 94 valence electrons. The second kappa shape index (κ2) is 5.56. The molecule has 0 saturated carbocycles. The van der Waals surface area contributed by atoms with Crippen LogP contribution in [0.2, 0.25) is 0 Å². The number of hydrogen-bond acceptors (Lipinski definition) is 2. The van der Waals surface area contributed by atoms with E-state index in [-0.39, 0.29) is 11.7 Å². The number of nitrogens with zero attached hydrogens (tertiary/aromatic N) is 1. The van der Waals surface area contributed by atoms with Gasteiger partial charge in [-0.15, -0.1) is 0 Å². The first-order valence-corrected chi connectivity index (χ1v) is 7.16. The Bertz CT molecular complexity index is 248. The summed E-state index contributed by atoms with van der Waals surface area (Å²) in [7, 11) is 0. The Morgan fingerprint density at radius 2 is 2.12 bits per heavy atom. The predicted molar refractivity (Wildman–Crippen MR) is 74.0 cm³/mol. The highest BCUT2D eigenvalue weighted by atomic mass is 127. The SMILES string of the molecule is C[C@H](I)[C@@H]1CCCN(C(=O)OC(C)(C)C)C1. The molecule has 0 radical (unpaired) electrons. The van der Waals surface area contributed by atoms with Crippen LogP contribution < -0.4 is 0 Å². The lowest BCUT2D eigenvalue weighted by molar-refractivity contribution is 0.0169. The molecule has 16 heavy (non-hydrogen) atoms. The molecular formula is C12H22INO2. The van der Waals surface area contributed by atoms with E-state index in [9.17, 15) is 4.79 Å². The highest BCUT2D eigenvalue weighted by Crippen LogP contribution is 2.25. The molecule has 1 aliphatic heterocycles. The van der Waals surface area contributed by atoms with Crippen molar-refractivity contribution in [3.63, 3.8) is 0 Å². The van der Waals surface area contributed by atoms with Crippen LogP contribution in [0.15, 0.2) is 0 Å². The molecule has 1 saturated heterocycles. The predicted octanol–water partition coefficient (Wildman–Crippen LogP) is 3.46. The van der Waals surface area contributed by atoms with E-state index in [0.717, 1.165) is 19.5 Å². The highest BCUT2D eigenvalue weighted by molar-refractivity contribution is 14.1. The summed E-state index contributed by atoms with van der Waals surface area (Å²) in [5.74, 6) is 0.613. The number of carbonyl (C=O) groups excluding carboxylic acids is 1. The Morgan fingerprint density at radius 3 is 2.62 bits per heavy atom. The van der Waals surface area contributed by atoms with E-state index < -0.39 is 0 Å². The Kier molecular flexibility index (Phi) is 4.88. The number of halogens is 1. The minimum atomic E-state index is -0.389. The molecule has 0 aromatic heterocycles. The molecule has 0 N–H and O–H groups in total. The van der Waals surface area contributed by atoms with Crippen molar-refractivity contribution in [2.24, 2.45) is 5.92 Å². The molecule has 1 fully saturated rings. The van der Waals surface area contributed by atoms with Gasteiger partial charge in [0, 0.05) is 17.0 Å². The fourth-order valence-electron chi connectivity index (χ4n) is 1.88. The van der Waals surface area contributed by atoms with Crippen molar-refractivity contribution >= 4 is 28.7 Å². The maximum atomic E-state index is 11.9. The number of hydrogen-bond donors (Lipinski definition) is 0. The number of ether oxygens (including phenoxy) is 1. The van der Waals surface area contributed by atoms with Gasteiger partial charge in [-0.25, -0.2) is 4.79 Å². The molecule has 0 unspecified atom stereocenters. The summed E-state index contributed by atoms with van der Waals surface area (Å²) in [6.45, 7) is 9.63. The Hall–Kier alpha value is 0. The molecule has 3 nitrogen and oxygen atoms in total. The van der Waals surface area contributed by atoms with Crippen molar-refractivity contribution < 1.29 is 9.53 Å². The number of likely N-dealkylation sites (tertiary alicyclic amines) is 1. The second-order valence-electron chi connectivity index (χ2n) is 5.51. The lowest BCUT2D eigenvalue weighted by Gasteiger charge is -2.35. The van der Waals surface area contributed by atoms with Crippen LogP contribution in [0, 0.1) is 5.92 Å². The van der Waals surface area contributed by atoms with Crippen molar-refractivity contribution in [1.29, 1.82) is 0 Å². The topological polar surface area (TPSA) is 29.5 Å². The fraction of sp³-hybridized carbons (Fsp3) is 0.917. The van der Waals surface area contributed by atoms with Crippen LogP contribution in [0.5, 0.6) is 0 Å². The Labute approximate surface area is 112 Å². The van der Waals surface area contributed by atoms with Crippen LogP contribution in [0.25, 0.3) is 0 Å². The Morgan fingerprint density at radius 1 is 1.50 bits per heavy atom. The van der Waals surface area contributed by atoms with E-state index in [0.29, 0.717) is 9.84 Å². The smallest absolute Gasteiger partial charge is 0.410 e. The maximum Gasteiger partial charge on any atom is 0.410 e. The van der Waals surface area contributed by atoms with E-state index >= 15 is 0 Å². The van der Waals surface area contributed by atoms with Gasteiger partial charge in [0.15, 0.2) is 0 Å². The van der Waals surface area contributed by atoms with Gasteiger partial charge in [0.2, 0.25) is 0 Å². The van der Waals surface area contributed by atoms with Crippen LogP contribution in [0.1, 0.15) is 40.5 Å². The first-order chi connectivity index (χ1) is 7.29. The van der Waals surface area contributed by atoms with Crippen molar-refractivity contribution in [1.82, 2.24) is 4.90 Å². The van der Waals surface area contributed by atoms with Crippen LogP contribution in [-0.4, -0.2) is 33.6 Å². The molecule has 1 rings (SSSR count). The summed E-state index contributed by atoms with van der Waals surface area (Å²) in [5.41, 5.74) is -0.389. The van der Waals surface area contributed by atoms with E-state index in [4.69, 9.17) is 4.74 Å². The van der Waals surface area contributed by atoms with Gasteiger partial charge in [0.25, 0.3) is 0 Å². The molecule has 4 heteroatoms. The van der Waals surface area contributed by atoms with Crippen molar-refractivity contribution in [2.45, 2.75) is 50.1 Å². The van der Waals surface area contributed by atoms with E-state index in [1.165, 1.54) is 6.42 Å². The van der Waals surface area contributed by atoms with Crippen molar-refractivity contribution in [3.8, 4) is 0 Å². The molecule has 0 aromatic rings. The minimum Gasteiger partial charge on any atom is -0.444 e. The van der Waals surface area contributed by atoms with Gasteiger partial charge in [-0.2, -0.15) is 0 Å². The van der Waals surface area contributed by atoms with Gasteiger partial charge in [0.1, 0.15) is 5.60 Å². The maximum absolute atomic E-state index is 11.9. The Balaban J connectivity index is 2.50. The molecule has 1 aliphatic rings. The molecule has 2 atom stereocenters. The normalized spacial score (nSPS) is 24.1. The van der Waals surface area contributed by atoms with Crippen LogP contribution in [0.4, 0.5) is 4.79 Å². The third-order valence-corrected chi connectivity index (χ3v) is 3.78. The molecule has 0 bridgehead atoms. The zero-order chi connectivity index (χ0) is 12.3. The largest absolute Gasteiger partial charge is 0.444 e. The second-order valence-corrected chi connectivity index (χ2v) is 7.47. The molecule has 1 heterocycles. The average molecular weight is 339 g/mol. The molecular weight excluding hydrogens is 317 g/mol. The summed E-state index contributed by atoms with van der Waals surface area (Å²) < 4.78 is 6.00. The van der Waals surface area contributed by atoms with Gasteiger partial charge in [-0.05, 0) is 39.5 Å². The standard InChI is InChI=1S/C12H22INO2/c1-9(13)10-6-5-7-14(8-10)11(15)16-12(2,3)4/h9-10H,5-8H2,1-4H3/t9-,10+/m0/s1. The zero-order valence-corrected chi connectivity index (χ0v) is 12.8. The monoisotopic (exact) mass is 339 g/mol. The first kappa shape index (κ1) is 14.1. The molecule has 0 spiro atoms. The van der Waals surface area contributed by atoms with E-state index in [2.05, 4.69) is 29.5 Å². The highest BCUT2D eigenvalue weighted by Gasteiger charge is 2.29. The third-order valence-electron chi connectivity index (χ3n) is 2.76. The summed E-state index contributed by atoms with van der Waals surface area (Å²) >= 11 is 2.44. The first-order valence-electron chi connectivity index (χ1n) is 5.91. The third kappa shape index (κ3) is 4.47. The van der Waals surface area contributed by atoms with Crippen molar-refractivity contribution in [3.05, 3.63) is 0 Å². The summed E-state index contributed by atoms with van der Waals surface area (Å²) in [6.07, 6.45) is 2.16. The lowest BCUT2D eigenvalue weighted by Crippen LogP contribution is -2.44. The van der Waals surface area contributed by atoms with Crippen LogP contribution in [-0.2, 0) is 4.74 Å². The van der Waals surface area contributed by atoms with Gasteiger partial charge in [0.05, 0.1) is 0 Å².